The van der Waals surface area contributed by atoms with Crippen LogP contribution in [0.2, 0.25) is 0 Å². The molecule has 0 aliphatic carbocycles. The van der Waals surface area contributed by atoms with E-state index in [-0.39, 0.29) is 23.9 Å². The molecule has 0 aliphatic heterocycles. The number of nitrogens with zero attached hydrogens (tertiary/aromatic N) is 1. The quantitative estimate of drug-likeness (QED) is 0.763. The van der Waals surface area contributed by atoms with Crippen LogP contribution in [0.5, 0.6) is 0 Å². The Labute approximate surface area is 153 Å². The number of hydrogen-bond donors (Lipinski definition) is 1. The topological polar surface area (TPSA) is 53.2 Å². The van der Waals surface area contributed by atoms with E-state index in [9.17, 15) is 9.59 Å². The first-order chi connectivity index (χ1) is 12.4. The monoisotopic (exact) mass is 348 g/mol. The normalized spacial score (nSPS) is 11.1. The van der Waals surface area contributed by atoms with E-state index in [0.29, 0.717) is 5.56 Å². The minimum Gasteiger partial charge on any atom is -0.321 e. The number of para-hydroxylation sites is 2. The third-order valence-corrected chi connectivity index (χ3v) is 4.66. The summed E-state index contributed by atoms with van der Waals surface area (Å²) < 4.78 is 0. The van der Waals surface area contributed by atoms with Gasteiger partial charge in [0.2, 0.25) is 5.91 Å². The molecule has 0 atom stereocenters. The van der Waals surface area contributed by atoms with Crippen molar-refractivity contribution in [3.8, 4) is 0 Å². The number of nitrogens with one attached hydrogen (secondary N) is 1. The van der Waals surface area contributed by atoms with E-state index < -0.39 is 0 Å². The lowest BCUT2D eigenvalue weighted by molar-refractivity contribution is -0.121. The van der Waals surface area contributed by atoms with E-state index >= 15 is 0 Å². The third kappa shape index (κ3) is 3.40. The zero-order chi connectivity index (χ0) is 18.8. The number of fused-ring (bicyclic) bond motifs is 1. The Kier molecular flexibility index (Phi) is 4.94. The molecule has 1 heterocycles. The smallest absolute Gasteiger partial charge is 0.253 e. The minimum absolute atomic E-state index is 0.00281. The van der Waals surface area contributed by atoms with Gasteiger partial charge in [0, 0.05) is 17.2 Å². The molecule has 0 saturated carbocycles. The molecule has 1 aromatic heterocycles. The first-order valence-corrected chi connectivity index (χ1v) is 8.87. The number of pyridine rings is 1. The highest BCUT2D eigenvalue weighted by Crippen LogP contribution is 2.24. The first kappa shape index (κ1) is 17.9. The number of carbonyl (C=O) groups excluding carboxylic acids is 1. The number of amides is 1. The lowest BCUT2D eigenvalue weighted by Crippen LogP contribution is -2.36. The van der Waals surface area contributed by atoms with Gasteiger partial charge in [-0.2, -0.15) is 0 Å². The molecule has 1 amide bonds. The van der Waals surface area contributed by atoms with Gasteiger partial charge >= 0.3 is 0 Å². The second-order valence-corrected chi connectivity index (χ2v) is 7.03. The Morgan fingerprint density at radius 1 is 1.04 bits per heavy atom. The first-order valence-electron chi connectivity index (χ1n) is 8.87. The summed E-state index contributed by atoms with van der Waals surface area (Å²) in [6.45, 7) is 7.95. The highest BCUT2D eigenvalue weighted by molar-refractivity contribution is 5.95. The van der Waals surface area contributed by atoms with Crippen LogP contribution in [0, 0.1) is 19.8 Å². The Morgan fingerprint density at radius 2 is 1.73 bits per heavy atom. The van der Waals surface area contributed by atoms with Crippen molar-refractivity contribution in [2.24, 2.45) is 5.92 Å². The molecular weight excluding hydrogens is 324 g/mol. The summed E-state index contributed by atoms with van der Waals surface area (Å²) >= 11 is 0. The maximum atomic E-state index is 12.8. The van der Waals surface area contributed by atoms with E-state index in [1.807, 2.05) is 76.2 Å². The maximum absolute atomic E-state index is 12.8. The molecule has 3 aromatic rings. The average Bonchev–Trinajstić information content (AvgIpc) is 2.61. The van der Waals surface area contributed by atoms with Crippen LogP contribution in [0.4, 0.5) is 5.69 Å². The van der Waals surface area contributed by atoms with Gasteiger partial charge in [0.05, 0.1) is 12.1 Å². The van der Waals surface area contributed by atoms with Gasteiger partial charge in [-0.15, -0.1) is 0 Å². The number of carbonyl (C=O) groups is 1. The van der Waals surface area contributed by atoms with Gasteiger partial charge in [-0.05, 0) is 42.5 Å². The fourth-order valence-corrected chi connectivity index (χ4v) is 3.18. The zero-order valence-electron chi connectivity index (χ0n) is 15.7. The van der Waals surface area contributed by atoms with Crippen LogP contribution in [-0.2, 0) is 11.3 Å². The molecule has 0 aliphatic rings. The van der Waals surface area contributed by atoms with Gasteiger partial charge in [0.15, 0.2) is 0 Å². The molecule has 26 heavy (non-hydrogen) atoms. The predicted octanol–water partition coefficient (Wildman–Crippen LogP) is 4.33. The average molecular weight is 348 g/mol. The number of rotatable bonds is 4. The zero-order valence-corrected chi connectivity index (χ0v) is 15.7. The summed E-state index contributed by atoms with van der Waals surface area (Å²) in [5.74, 6) is -0.153. The fourth-order valence-electron chi connectivity index (χ4n) is 3.18. The second-order valence-electron chi connectivity index (χ2n) is 7.03. The second kappa shape index (κ2) is 7.16. The van der Waals surface area contributed by atoms with Crippen molar-refractivity contribution in [2.75, 3.05) is 4.90 Å². The SMILES string of the molecule is Cc1ccccc1N(Cc1cc2cccc(C)c2[nH]c1=O)C(=O)C(C)C. The van der Waals surface area contributed by atoms with Crippen LogP contribution < -0.4 is 10.5 Å². The summed E-state index contributed by atoms with van der Waals surface area (Å²) in [5, 5.41) is 0.973. The van der Waals surface area contributed by atoms with Crippen LogP contribution in [-0.4, -0.2) is 10.9 Å². The van der Waals surface area contributed by atoms with Crippen LogP contribution in [0.15, 0.2) is 53.3 Å². The van der Waals surface area contributed by atoms with Crippen LogP contribution in [0.25, 0.3) is 10.9 Å². The number of aryl methyl sites for hydroxylation is 2. The van der Waals surface area contributed by atoms with Crippen LogP contribution >= 0.6 is 0 Å². The molecule has 0 bridgehead atoms. The van der Waals surface area contributed by atoms with Crippen molar-refractivity contribution in [1.29, 1.82) is 0 Å². The molecule has 134 valence electrons. The molecule has 2 aromatic carbocycles. The van der Waals surface area contributed by atoms with Crippen molar-refractivity contribution >= 4 is 22.5 Å². The van der Waals surface area contributed by atoms with Crippen LogP contribution in [0.1, 0.15) is 30.5 Å². The van der Waals surface area contributed by atoms with E-state index in [1.54, 1.807) is 4.90 Å². The molecular formula is C22H24N2O2. The standard InChI is InChI=1S/C22H24N2O2/c1-14(2)22(26)24(19-11-6-5-8-15(19)3)13-18-12-17-10-7-9-16(4)20(17)23-21(18)25/h5-12,14H,13H2,1-4H3,(H,23,25). The molecule has 0 saturated heterocycles. The van der Waals surface area contributed by atoms with Crippen molar-refractivity contribution < 1.29 is 4.79 Å². The molecule has 4 heteroatoms. The lowest BCUT2D eigenvalue weighted by atomic mass is 10.1. The summed E-state index contributed by atoms with van der Waals surface area (Å²) in [5.41, 5.74) is 4.16. The number of H-pyrrole nitrogens is 1. The summed E-state index contributed by atoms with van der Waals surface area (Å²) in [4.78, 5) is 30.2. The number of hydrogen-bond acceptors (Lipinski definition) is 2. The Hall–Kier alpha value is -2.88. The van der Waals surface area contributed by atoms with Crippen LogP contribution in [0.3, 0.4) is 0 Å². The fraction of sp³-hybridized carbons (Fsp3) is 0.273. The summed E-state index contributed by atoms with van der Waals surface area (Å²) in [6.07, 6.45) is 0. The molecule has 0 fully saturated rings. The minimum atomic E-state index is -0.156. The number of benzene rings is 2. The molecule has 0 spiro atoms. The molecule has 4 nitrogen and oxygen atoms in total. The van der Waals surface area contributed by atoms with Gasteiger partial charge in [-0.3, -0.25) is 9.59 Å². The summed E-state index contributed by atoms with van der Waals surface area (Å²) in [7, 11) is 0. The number of aromatic amines is 1. The molecule has 0 radical (unpaired) electrons. The van der Waals surface area contributed by atoms with Crippen molar-refractivity contribution in [3.05, 3.63) is 75.6 Å². The van der Waals surface area contributed by atoms with E-state index in [2.05, 4.69) is 4.98 Å². The number of anilines is 1. The Morgan fingerprint density at radius 3 is 2.42 bits per heavy atom. The summed E-state index contributed by atoms with van der Waals surface area (Å²) in [6, 6.07) is 15.6. The van der Waals surface area contributed by atoms with Gasteiger partial charge in [-0.1, -0.05) is 50.2 Å². The third-order valence-electron chi connectivity index (χ3n) is 4.66. The van der Waals surface area contributed by atoms with E-state index in [1.165, 1.54) is 0 Å². The lowest BCUT2D eigenvalue weighted by Gasteiger charge is -2.26. The molecule has 1 N–H and O–H groups in total. The predicted molar refractivity (Wildman–Crippen MR) is 107 cm³/mol. The molecule has 0 unspecified atom stereocenters. The highest BCUT2D eigenvalue weighted by Gasteiger charge is 2.22. The van der Waals surface area contributed by atoms with Crippen molar-refractivity contribution in [2.45, 2.75) is 34.2 Å². The maximum Gasteiger partial charge on any atom is 0.253 e. The van der Waals surface area contributed by atoms with E-state index in [0.717, 1.165) is 27.7 Å². The number of aromatic nitrogens is 1. The Bertz CT molecular complexity index is 1020. The van der Waals surface area contributed by atoms with E-state index in [4.69, 9.17) is 0 Å². The molecule has 3 rings (SSSR count). The van der Waals surface area contributed by atoms with Gasteiger partial charge in [0.25, 0.3) is 5.56 Å². The largest absolute Gasteiger partial charge is 0.321 e. The van der Waals surface area contributed by atoms with Crippen molar-refractivity contribution in [1.82, 2.24) is 4.98 Å². The highest BCUT2D eigenvalue weighted by atomic mass is 16.2. The van der Waals surface area contributed by atoms with Gasteiger partial charge in [-0.25, -0.2) is 0 Å². The van der Waals surface area contributed by atoms with Gasteiger partial charge < -0.3 is 9.88 Å². The van der Waals surface area contributed by atoms with Crippen molar-refractivity contribution in [3.63, 3.8) is 0 Å². The Balaban J connectivity index is 2.09. The van der Waals surface area contributed by atoms with Gasteiger partial charge in [0.1, 0.15) is 0 Å².